The van der Waals surface area contributed by atoms with E-state index in [2.05, 4.69) is 0 Å². The Bertz CT molecular complexity index is 750. The summed E-state index contributed by atoms with van der Waals surface area (Å²) in [5.41, 5.74) is 0.0678. The summed E-state index contributed by atoms with van der Waals surface area (Å²) in [5, 5.41) is 39.5. The van der Waals surface area contributed by atoms with Gasteiger partial charge < -0.3 is 25.2 Å². The molecule has 26 heavy (non-hydrogen) atoms. The Balaban J connectivity index is 2.48. The van der Waals surface area contributed by atoms with Crippen LogP contribution >= 0.6 is 0 Å². The summed E-state index contributed by atoms with van der Waals surface area (Å²) in [4.78, 5) is 24.4. The van der Waals surface area contributed by atoms with Crippen LogP contribution in [0.25, 0.3) is 6.08 Å². The maximum atomic E-state index is 12.5. The minimum absolute atomic E-state index is 0.0718. The third-order valence-electron chi connectivity index (χ3n) is 4.27. The molecule has 1 heterocycles. The van der Waals surface area contributed by atoms with Crippen molar-refractivity contribution in [1.82, 2.24) is 0 Å². The van der Waals surface area contributed by atoms with E-state index in [0.717, 1.165) is 12.1 Å². The number of aliphatic hydroxyl groups excluding tert-OH is 2. The number of ether oxygens (including phenoxy) is 1. The Hall–Kier alpha value is -2.64. The van der Waals surface area contributed by atoms with Gasteiger partial charge >= 0.3 is 5.97 Å². The molecule has 2 rings (SSSR count). The molecule has 1 aliphatic heterocycles. The number of hydrogen-bond acceptors (Lipinski definition) is 7. The lowest BCUT2D eigenvalue weighted by Crippen LogP contribution is -2.32. The predicted octanol–water partition coefficient (Wildman–Crippen LogP) is 1.54. The zero-order valence-electron chi connectivity index (χ0n) is 14.5. The van der Waals surface area contributed by atoms with Gasteiger partial charge in [-0.3, -0.25) is 4.79 Å². The van der Waals surface area contributed by atoms with Gasteiger partial charge in [0.05, 0.1) is 6.10 Å². The van der Waals surface area contributed by atoms with E-state index >= 15 is 0 Å². The van der Waals surface area contributed by atoms with Gasteiger partial charge in [-0.05, 0) is 31.1 Å². The number of fused-ring (bicyclic) bond motifs is 1. The third kappa shape index (κ3) is 4.50. The van der Waals surface area contributed by atoms with Crippen molar-refractivity contribution in [3.05, 3.63) is 41.5 Å². The maximum absolute atomic E-state index is 12.5. The topological polar surface area (TPSA) is 124 Å². The van der Waals surface area contributed by atoms with Gasteiger partial charge in [0.1, 0.15) is 29.3 Å². The van der Waals surface area contributed by atoms with E-state index in [1.54, 1.807) is 13.8 Å². The molecule has 4 atom stereocenters. The molecule has 1 aliphatic rings. The van der Waals surface area contributed by atoms with E-state index in [9.17, 15) is 30.0 Å². The molecular formula is C19H22O7. The zero-order valence-corrected chi connectivity index (χ0v) is 14.5. The van der Waals surface area contributed by atoms with E-state index in [-0.39, 0.29) is 29.2 Å². The van der Waals surface area contributed by atoms with Crippen LogP contribution in [0.5, 0.6) is 11.5 Å². The van der Waals surface area contributed by atoms with Crippen LogP contribution in [-0.4, -0.2) is 50.5 Å². The van der Waals surface area contributed by atoms with Gasteiger partial charge in [0.15, 0.2) is 5.78 Å². The number of aromatic hydroxyl groups is 2. The quantitative estimate of drug-likeness (QED) is 0.516. The van der Waals surface area contributed by atoms with Crippen LogP contribution < -0.4 is 0 Å². The van der Waals surface area contributed by atoms with Gasteiger partial charge in [-0.1, -0.05) is 25.2 Å². The van der Waals surface area contributed by atoms with Crippen molar-refractivity contribution >= 4 is 17.8 Å². The van der Waals surface area contributed by atoms with Crippen molar-refractivity contribution in [2.24, 2.45) is 5.92 Å². The predicted molar refractivity (Wildman–Crippen MR) is 93.6 cm³/mol. The van der Waals surface area contributed by atoms with Crippen LogP contribution in [0.2, 0.25) is 0 Å². The summed E-state index contributed by atoms with van der Waals surface area (Å²) < 4.78 is 5.35. The Morgan fingerprint density at radius 2 is 1.77 bits per heavy atom. The maximum Gasteiger partial charge on any atom is 0.342 e. The number of hydrogen-bond donors (Lipinski definition) is 4. The molecule has 0 spiro atoms. The first-order chi connectivity index (χ1) is 12.2. The highest BCUT2D eigenvalue weighted by molar-refractivity contribution is 5.97. The number of cyclic esters (lactones) is 1. The summed E-state index contributed by atoms with van der Waals surface area (Å²) >= 11 is 0. The number of carbonyl (C=O) groups excluding carboxylic acids is 2. The average molecular weight is 362 g/mol. The number of aliphatic hydroxyl groups is 2. The molecule has 140 valence electrons. The molecule has 1 aromatic rings. The Morgan fingerprint density at radius 3 is 2.46 bits per heavy atom. The fourth-order valence-electron chi connectivity index (χ4n) is 2.48. The van der Waals surface area contributed by atoms with Crippen LogP contribution in [0, 0.1) is 5.92 Å². The molecule has 0 amide bonds. The second-order valence-electron chi connectivity index (χ2n) is 6.31. The smallest absolute Gasteiger partial charge is 0.342 e. The average Bonchev–Trinajstić information content (AvgIpc) is 2.56. The molecule has 0 aliphatic carbocycles. The zero-order chi connectivity index (χ0) is 19.4. The minimum Gasteiger partial charge on any atom is -0.508 e. The molecular weight excluding hydrogens is 340 g/mol. The van der Waals surface area contributed by atoms with Crippen molar-refractivity contribution in [2.45, 2.75) is 38.6 Å². The first kappa shape index (κ1) is 19.7. The monoisotopic (exact) mass is 362 g/mol. The molecule has 1 aromatic carbocycles. The van der Waals surface area contributed by atoms with Gasteiger partial charge in [0.25, 0.3) is 0 Å². The van der Waals surface area contributed by atoms with Crippen LogP contribution in [-0.2, 0) is 9.53 Å². The number of carbonyl (C=O) groups is 2. The minimum atomic E-state index is -1.58. The lowest BCUT2D eigenvalue weighted by atomic mass is 9.99. The van der Waals surface area contributed by atoms with Crippen molar-refractivity contribution < 1.29 is 34.8 Å². The molecule has 0 saturated heterocycles. The summed E-state index contributed by atoms with van der Waals surface area (Å²) in [5.74, 6) is -2.47. The number of benzene rings is 1. The second kappa shape index (κ2) is 8.16. The molecule has 0 saturated carbocycles. The van der Waals surface area contributed by atoms with Gasteiger partial charge in [-0.2, -0.15) is 0 Å². The van der Waals surface area contributed by atoms with Crippen LogP contribution in [0.3, 0.4) is 0 Å². The first-order valence-electron chi connectivity index (χ1n) is 8.22. The highest BCUT2D eigenvalue weighted by Gasteiger charge is 2.25. The summed E-state index contributed by atoms with van der Waals surface area (Å²) in [6.45, 7) is 3.34. The van der Waals surface area contributed by atoms with Crippen LogP contribution in [0.4, 0.5) is 0 Å². The largest absolute Gasteiger partial charge is 0.508 e. The molecule has 7 nitrogen and oxygen atoms in total. The lowest BCUT2D eigenvalue weighted by molar-refractivity contribution is -0.127. The van der Waals surface area contributed by atoms with Crippen molar-refractivity contribution in [2.75, 3.05) is 0 Å². The number of rotatable bonds is 0. The number of ketones is 1. The first-order valence-corrected chi connectivity index (χ1v) is 8.22. The summed E-state index contributed by atoms with van der Waals surface area (Å²) in [6.07, 6.45) is 1.84. The molecule has 1 unspecified atom stereocenters. The van der Waals surface area contributed by atoms with Gasteiger partial charge in [-0.15, -0.1) is 0 Å². The highest BCUT2D eigenvalue weighted by Crippen LogP contribution is 2.30. The normalized spacial score (nSPS) is 30.0. The van der Waals surface area contributed by atoms with Crippen LogP contribution in [0.1, 0.15) is 36.2 Å². The number of phenols is 2. The van der Waals surface area contributed by atoms with E-state index in [1.807, 2.05) is 0 Å². The number of esters is 1. The molecule has 4 N–H and O–H groups in total. The Morgan fingerprint density at radius 1 is 1.08 bits per heavy atom. The van der Waals surface area contributed by atoms with E-state index < -0.39 is 35.8 Å². The third-order valence-corrected chi connectivity index (χ3v) is 4.27. The van der Waals surface area contributed by atoms with E-state index in [1.165, 1.54) is 24.3 Å². The van der Waals surface area contributed by atoms with E-state index in [0.29, 0.717) is 0 Å². The number of phenolic OH excluding ortho intramolecular Hbond substituents is 2. The lowest BCUT2D eigenvalue weighted by Gasteiger charge is -2.20. The Labute approximate surface area is 150 Å². The van der Waals surface area contributed by atoms with Crippen molar-refractivity contribution in [3.8, 4) is 11.5 Å². The molecule has 0 radical (unpaired) electrons. The molecule has 0 aromatic heterocycles. The van der Waals surface area contributed by atoms with Gasteiger partial charge in [0.2, 0.25) is 0 Å². The molecule has 0 bridgehead atoms. The molecule has 0 fully saturated rings. The second-order valence-corrected chi connectivity index (χ2v) is 6.31. The summed E-state index contributed by atoms with van der Waals surface area (Å²) in [6, 6.07) is 2.29. The molecule has 7 heteroatoms. The fourth-order valence-corrected chi connectivity index (χ4v) is 2.48. The van der Waals surface area contributed by atoms with Crippen LogP contribution in [0.15, 0.2) is 30.4 Å². The standard InChI is InChI=1S/C19H22O7/c1-10-6-7-15(22)18(24)14(21)5-3-4-12-8-13(20)9-16(23)17(12)19(25)26-11(10)2/h3-4,6-11,14,18,20-21,23-24H,5H2,1-2H3/b4-3+,7-6-/t10?,11-,14-,18-/m0/s1. The fraction of sp³-hybridized carbons (Fsp3) is 0.368. The van der Waals surface area contributed by atoms with Crippen molar-refractivity contribution in [1.29, 1.82) is 0 Å². The van der Waals surface area contributed by atoms with Gasteiger partial charge in [-0.25, -0.2) is 4.79 Å². The Kier molecular flexibility index (Phi) is 6.18. The van der Waals surface area contributed by atoms with Gasteiger partial charge in [0, 0.05) is 12.0 Å². The van der Waals surface area contributed by atoms with Crippen molar-refractivity contribution in [3.63, 3.8) is 0 Å². The highest BCUT2D eigenvalue weighted by atomic mass is 16.5. The summed E-state index contributed by atoms with van der Waals surface area (Å²) in [7, 11) is 0. The SMILES string of the molecule is CC1/C=C\C(=O)[C@@H](O)[C@@H](O)C/C=C/c2cc(O)cc(O)c2C(=O)O[C@H]1C. The van der Waals surface area contributed by atoms with E-state index in [4.69, 9.17) is 4.74 Å².